The van der Waals surface area contributed by atoms with Gasteiger partial charge in [0.2, 0.25) is 0 Å². The molecule has 0 saturated heterocycles. The second-order valence-corrected chi connectivity index (χ2v) is 6.79. The topological polar surface area (TPSA) is 75.1 Å². The minimum Gasteiger partial charge on any atom is -0.338 e. The van der Waals surface area contributed by atoms with Gasteiger partial charge in [0.15, 0.2) is 0 Å². The lowest BCUT2D eigenvalue weighted by Gasteiger charge is -2.16. The maximum absolute atomic E-state index is 12.8. The maximum Gasteiger partial charge on any atom is 0.289 e. The molecule has 2 heterocycles. The van der Waals surface area contributed by atoms with E-state index in [1.807, 2.05) is 47.2 Å². The van der Waals surface area contributed by atoms with Crippen molar-refractivity contribution < 1.29 is 4.79 Å². The van der Waals surface area contributed by atoms with Crippen LogP contribution in [0.1, 0.15) is 21.6 Å². The lowest BCUT2D eigenvalue weighted by molar-refractivity contribution is 0.0980. The second kappa shape index (κ2) is 5.88. The molecule has 0 unspecified atom stereocenters. The van der Waals surface area contributed by atoms with Crippen LogP contribution in [0, 0.1) is 11.3 Å². The normalized spacial score (nSPS) is 13.0. The lowest BCUT2D eigenvalue weighted by atomic mass is 10.1. The predicted octanol–water partition coefficient (Wildman–Crippen LogP) is 3.67. The van der Waals surface area contributed by atoms with E-state index in [1.165, 1.54) is 5.01 Å². The Morgan fingerprint density at radius 2 is 1.84 bits per heavy atom. The standard InChI is InChI=1S/C19H13BrN4O/c20-16-5-6-17-15(7-16)11-23-10-14(8-18(23)19(25)24(17)22)13-3-1-12(9-21)2-4-13/h1-8,10H,11,22H2. The maximum atomic E-state index is 12.8. The summed E-state index contributed by atoms with van der Waals surface area (Å²) in [5, 5.41) is 10.1. The van der Waals surface area contributed by atoms with Crippen molar-refractivity contribution in [3.8, 4) is 17.2 Å². The van der Waals surface area contributed by atoms with Gasteiger partial charge in [-0.1, -0.05) is 28.1 Å². The van der Waals surface area contributed by atoms with E-state index in [-0.39, 0.29) is 5.91 Å². The summed E-state index contributed by atoms with van der Waals surface area (Å²) in [4.78, 5) is 12.8. The van der Waals surface area contributed by atoms with Crippen molar-refractivity contribution in [2.24, 2.45) is 5.84 Å². The molecular weight excluding hydrogens is 380 g/mol. The van der Waals surface area contributed by atoms with E-state index in [0.717, 1.165) is 21.2 Å². The van der Waals surface area contributed by atoms with Crippen LogP contribution in [-0.2, 0) is 6.54 Å². The highest BCUT2D eigenvalue weighted by atomic mass is 79.9. The van der Waals surface area contributed by atoms with Crippen molar-refractivity contribution in [1.82, 2.24) is 4.57 Å². The number of hydrogen-bond donors (Lipinski definition) is 1. The fourth-order valence-electron chi connectivity index (χ4n) is 3.05. The van der Waals surface area contributed by atoms with Crippen molar-refractivity contribution in [3.63, 3.8) is 0 Å². The first-order valence-corrected chi connectivity index (χ1v) is 8.44. The molecule has 0 saturated carbocycles. The number of carbonyl (C=O) groups excluding carboxylic acids is 1. The van der Waals surface area contributed by atoms with E-state index in [2.05, 4.69) is 22.0 Å². The molecule has 0 radical (unpaired) electrons. The number of nitrogens with zero attached hydrogens (tertiary/aromatic N) is 3. The number of aromatic nitrogens is 1. The number of fused-ring (bicyclic) bond motifs is 2. The number of nitrogens with two attached hydrogens (primary N) is 1. The first-order chi connectivity index (χ1) is 12.1. The molecule has 2 aromatic carbocycles. The summed E-state index contributed by atoms with van der Waals surface area (Å²) >= 11 is 3.47. The van der Waals surface area contributed by atoms with Gasteiger partial charge in [0.25, 0.3) is 5.91 Å². The monoisotopic (exact) mass is 392 g/mol. The molecule has 0 atom stereocenters. The number of benzene rings is 2. The van der Waals surface area contributed by atoms with E-state index in [1.54, 1.807) is 12.1 Å². The smallest absolute Gasteiger partial charge is 0.289 e. The SMILES string of the molecule is N#Cc1ccc(-c2cc3n(c2)Cc2cc(Br)ccc2N(N)C3=O)cc1. The molecule has 3 aromatic rings. The van der Waals surface area contributed by atoms with Gasteiger partial charge in [-0.15, -0.1) is 0 Å². The molecule has 0 spiro atoms. The minimum absolute atomic E-state index is 0.249. The van der Waals surface area contributed by atoms with E-state index >= 15 is 0 Å². The van der Waals surface area contributed by atoms with E-state index in [4.69, 9.17) is 11.1 Å². The van der Waals surface area contributed by atoms with E-state index in [9.17, 15) is 4.79 Å². The molecule has 5 nitrogen and oxygen atoms in total. The Bertz CT molecular complexity index is 1030. The molecular formula is C19H13BrN4O. The Labute approximate surface area is 153 Å². The van der Waals surface area contributed by atoms with Gasteiger partial charge in [0.1, 0.15) is 5.69 Å². The Hall–Kier alpha value is -2.88. The zero-order valence-corrected chi connectivity index (χ0v) is 14.7. The third-order valence-electron chi connectivity index (χ3n) is 4.32. The van der Waals surface area contributed by atoms with Crippen LogP contribution in [0.5, 0.6) is 0 Å². The molecule has 6 heteroatoms. The van der Waals surface area contributed by atoms with Crippen LogP contribution in [0.2, 0.25) is 0 Å². The number of anilines is 1. The summed E-state index contributed by atoms with van der Waals surface area (Å²) < 4.78 is 2.85. The average molecular weight is 393 g/mol. The third-order valence-corrected chi connectivity index (χ3v) is 4.82. The fraction of sp³-hybridized carbons (Fsp3) is 0.0526. The summed E-state index contributed by atoms with van der Waals surface area (Å²) in [6.45, 7) is 0.555. The quantitative estimate of drug-likeness (QED) is 0.506. The number of carbonyl (C=O) groups is 1. The second-order valence-electron chi connectivity index (χ2n) is 5.88. The van der Waals surface area contributed by atoms with Crippen LogP contribution in [0.4, 0.5) is 5.69 Å². The van der Waals surface area contributed by atoms with Crippen LogP contribution in [0.25, 0.3) is 11.1 Å². The van der Waals surface area contributed by atoms with Crippen molar-refractivity contribution in [1.29, 1.82) is 5.26 Å². The third kappa shape index (κ3) is 2.64. The number of hydrazine groups is 1. The highest BCUT2D eigenvalue weighted by molar-refractivity contribution is 9.10. The van der Waals surface area contributed by atoms with Crippen molar-refractivity contribution in [2.75, 3.05) is 5.01 Å². The average Bonchev–Trinajstić information content (AvgIpc) is 3.01. The van der Waals surface area contributed by atoms with Gasteiger partial charge < -0.3 is 4.57 Å². The van der Waals surface area contributed by atoms with Gasteiger partial charge in [-0.3, -0.25) is 4.79 Å². The zero-order chi connectivity index (χ0) is 17.6. The first-order valence-electron chi connectivity index (χ1n) is 7.65. The van der Waals surface area contributed by atoms with Crippen LogP contribution in [0.15, 0.2) is 59.2 Å². The molecule has 1 amide bonds. The fourth-order valence-corrected chi connectivity index (χ4v) is 3.46. The predicted molar refractivity (Wildman–Crippen MR) is 98.8 cm³/mol. The molecule has 0 bridgehead atoms. The van der Waals surface area contributed by atoms with Gasteiger partial charge in [-0.05, 0) is 47.5 Å². The molecule has 4 rings (SSSR count). The molecule has 1 aliphatic heterocycles. The van der Waals surface area contributed by atoms with Crippen molar-refractivity contribution >= 4 is 27.5 Å². The van der Waals surface area contributed by atoms with E-state index < -0.39 is 0 Å². The largest absolute Gasteiger partial charge is 0.338 e. The molecule has 2 N–H and O–H groups in total. The van der Waals surface area contributed by atoms with Crippen LogP contribution in [-0.4, -0.2) is 10.5 Å². The van der Waals surface area contributed by atoms with Crippen LogP contribution >= 0.6 is 15.9 Å². The molecule has 1 aromatic heterocycles. The Morgan fingerprint density at radius 1 is 1.08 bits per heavy atom. The Kier molecular flexibility index (Phi) is 3.68. The number of hydrogen-bond acceptors (Lipinski definition) is 3. The highest BCUT2D eigenvalue weighted by Crippen LogP contribution is 2.31. The zero-order valence-electron chi connectivity index (χ0n) is 13.1. The summed E-state index contributed by atoms with van der Waals surface area (Å²) in [7, 11) is 0. The molecule has 1 aliphatic rings. The van der Waals surface area contributed by atoms with Gasteiger partial charge >= 0.3 is 0 Å². The Morgan fingerprint density at radius 3 is 2.56 bits per heavy atom. The lowest BCUT2D eigenvalue weighted by Crippen LogP contribution is -2.37. The number of rotatable bonds is 1. The summed E-state index contributed by atoms with van der Waals surface area (Å²) in [6.07, 6.45) is 1.94. The minimum atomic E-state index is -0.249. The molecule has 0 aliphatic carbocycles. The van der Waals surface area contributed by atoms with Crippen LogP contribution in [0.3, 0.4) is 0 Å². The van der Waals surface area contributed by atoms with Gasteiger partial charge in [0.05, 0.1) is 17.3 Å². The van der Waals surface area contributed by atoms with Gasteiger partial charge in [0, 0.05) is 22.8 Å². The van der Waals surface area contributed by atoms with Gasteiger partial charge in [-0.2, -0.15) is 5.26 Å². The highest BCUT2D eigenvalue weighted by Gasteiger charge is 2.26. The van der Waals surface area contributed by atoms with Crippen molar-refractivity contribution in [3.05, 3.63) is 76.0 Å². The van der Waals surface area contributed by atoms with Gasteiger partial charge in [-0.25, -0.2) is 10.9 Å². The number of nitriles is 1. The molecule has 0 fully saturated rings. The Balaban J connectivity index is 1.81. The van der Waals surface area contributed by atoms with E-state index in [0.29, 0.717) is 23.5 Å². The molecule has 122 valence electrons. The number of halogens is 1. The number of amides is 1. The molecule has 25 heavy (non-hydrogen) atoms. The summed E-state index contributed by atoms with van der Waals surface area (Å²) in [5.41, 5.74) is 4.68. The van der Waals surface area contributed by atoms with Crippen molar-refractivity contribution in [2.45, 2.75) is 6.54 Å². The summed E-state index contributed by atoms with van der Waals surface area (Å²) in [6, 6.07) is 16.9. The summed E-state index contributed by atoms with van der Waals surface area (Å²) in [5.74, 6) is 5.81. The van der Waals surface area contributed by atoms with Crippen LogP contribution < -0.4 is 10.9 Å². The first kappa shape index (κ1) is 15.6.